The Morgan fingerprint density at radius 1 is 1.08 bits per heavy atom. The SMILES string of the molecule is Cc1ccc(/C=C/C(=O)NCc2ccccc2Cn2cccn2)cc1. The van der Waals surface area contributed by atoms with Gasteiger partial charge >= 0.3 is 0 Å². The van der Waals surface area contributed by atoms with Gasteiger partial charge in [0.15, 0.2) is 0 Å². The van der Waals surface area contributed by atoms with Crippen molar-refractivity contribution in [2.45, 2.75) is 20.0 Å². The maximum absolute atomic E-state index is 12.1. The number of aromatic nitrogens is 2. The summed E-state index contributed by atoms with van der Waals surface area (Å²) >= 11 is 0. The number of nitrogens with zero attached hydrogens (tertiary/aromatic N) is 2. The summed E-state index contributed by atoms with van der Waals surface area (Å²) in [5.41, 5.74) is 4.46. The third-order valence-electron chi connectivity index (χ3n) is 3.97. The lowest BCUT2D eigenvalue weighted by Crippen LogP contribution is -2.21. The lowest BCUT2D eigenvalue weighted by Gasteiger charge is -2.10. The predicted octanol–water partition coefficient (Wildman–Crippen LogP) is 3.57. The highest BCUT2D eigenvalue weighted by molar-refractivity contribution is 5.91. The summed E-state index contributed by atoms with van der Waals surface area (Å²) < 4.78 is 1.87. The van der Waals surface area contributed by atoms with Crippen LogP contribution in [-0.4, -0.2) is 15.7 Å². The second kappa shape index (κ2) is 8.11. The van der Waals surface area contributed by atoms with Gasteiger partial charge in [0.2, 0.25) is 5.91 Å². The number of hydrogen-bond acceptors (Lipinski definition) is 2. The Balaban J connectivity index is 1.59. The van der Waals surface area contributed by atoms with Crippen molar-refractivity contribution in [3.05, 3.63) is 95.3 Å². The van der Waals surface area contributed by atoms with Gasteiger partial charge < -0.3 is 5.32 Å². The van der Waals surface area contributed by atoms with Gasteiger partial charge in [-0.25, -0.2) is 0 Å². The molecule has 1 heterocycles. The third-order valence-corrected chi connectivity index (χ3v) is 3.97. The van der Waals surface area contributed by atoms with E-state index in [2.05, 4.69) is 16.5 Å². The maximum Gasteiger partial charge on any atom is 0.244 e. The predicted molar refractivity (Wildman–Crippen MR) is 99.8 cm³/mol. The molecular weight excluding hydrogens is 310 g/mol. The Morgan fingerprint density at radius 3 is 2.56 bits per heavy atom. The molecule has 0 spiro atoms. The van der Waals surface area contributed by atoms with Crippen LogP contribution in [0.15, 0.2) is 73.1 Å². The van der Waals surface area contributed by atoms with E-state index < -0.39 is 0 Å². The van der Waals surface area contributed by atoms with Crippen LogP contribution in [0.3, 0.4) is 0 Å². The summed E-state index contributed by atoms with van der Waals surface area (Å²) in [4.78, 5) is 12.1. The van der Waals surface area contributed by atoms with E-state index in [0.717, 1.165) is 16.7 Å². The fraction of sp³-hybridized carbons (Fsp3) is 0.143. The Morgan fingerprint density at radius 2 is 1.84 bits per heavy atom. The molecule has 3 rings (SSSR count). The molecule has 0 saturated heterocycles. The molecule has 1 aromatic heterocycles. The average molecular weight is 331 g/mol. The van der Waals surface area contributed by atoms with Gasteiger partial charge in [0, 0.05) is 25.0 Å². The first-order chi connectivity index (χ1) is 12.2. The molecule has 2 aromatic carbocycles. The number of rotatable bonds is 6. The van der Waals surface area contributed by atoms with Crippen LogP contribution in [0.2, 0.25) is 0 Å². The molecular formula is C21H21N3O. The van der Waals surface area contributed by atoms with Crippen LogP contribution in [0.25, 0.3) is 6.08 Å². The molecule has 1 N–H and O–H groups in total. The van der Waals surface area contributed by atoms with Crippen LogP contribution in [0, 0.1) is 6.92 Å². The first-order valence-corrected chi connectivity index (χ1v) is 8.27. The van der Waals surface area contributed by atoms with E-state index in [1.54, 1.807) is 12.3 Å². The Labute approximate surface area is 147 Å². The van der Waals surface area contributed by atoms with Crippen molar-refractivity contribution in [2.24, 2.45) is 0 Å². The van der Waals surface area contributed by atoms with Crippen LogP contribution >= 0.6 is 0 Å². The monoisotopic (exact) mass is 331 g/mol. The van der Waals surface area contributed by atoms with E-state index in [-0.39, 0.29) is 5.91 Å². The van der Waals surface area contributed by atoms with Gasteiger partial charge in [-0.2, -0.15) is 5.10 Å². The number of carbonyl (C=O) groups is 1. The Bertz CT molecular complexity index is 849. The molecule has 0 radical (unpaired) electrons. The fourth-order valence-electron chi connectivity index (χ4n) is 2.54. The fourth-order valence-corrected chi connectivity index (χ4v) is 2.54. The second-order valence-corrected chi connectivity index (χ2v) is 5.93. The van der Waals surface area contributed by atoms with E-state index in [1.807, 2.05) is 72.4 Å². The summed E-state index contributed by atoms with van der Waals surface area (Å²) in [6.45, 7) is 3.23. The molecule has 25 heavy (non-hydrogen) atoms. The average Bonchev–Trinajstić information content (AvgIpc) is 3.13. The lowest BCUT2D eigenvalue weighted by atomic mass is 10.1. The minimum Gasteiger partial charge on any atom is -0.348 e. The summed E-state index contributed by atoms with van der Waals surface area (Å²) in [6, 6.07) is 18.0. The normalized spacial score (nSPS) is 10.9. The van der Waals surface area contributed by atoms with Crippen molar-refractivity contribution >= 4 is 12.0 Å². The highest BCUT2D eigenvalue weighted by atomic mass is 16.1. The van der Waals surface area contributed by atoms with Gasteiger partial charge in [0.25, 0.3) is 0 Å². The van der Waals surface area contributed by atoms with Crippen LogP contribution in [0.1, 0.15) is 22.3 Å². The van der Waals surface area contributed by atoms with Crippen LogP contribution in [0.5, 0.6) is 0 Å². The van der Waals surface area contributed by atoms with Crippen molar-refractivity contribution in [1.29, 1.82) is 0 Å². The van der Waals surface area contributed by atoms with Crippen LogP contribution < -0.4 is 5.32 Å². The highest BCUT2D eigenvalue weighted by Gasteiger charge is 2.04. The molecule has 0 fully saturated rings. The summed E-state index contributed by atoms with van der Waals surface area (Å²) in [5.74, 6) is -0.102. The number of nitrogens with one attached hydrogen (secondary N) is 1. The van der Waals surface area contributed by atoms with Gasteiger partial charge in [0.1, 0.15) is 0 Å². The molecule has 4 nitrogen and oxygen atoms in total. The maximum atomic E-state index is 12.1. The molecule has 1 amide bonds. The van der Waals surface area contributed by atoms with Gasteiger partial charge in [0.05, 0.1) is 6.54 Å². The summed E-state index contributed by atoms with van der Waals surface area (Å²) in [6.07, 6.45) is 7.09. The molecule has 0 aliphatic carbocycles. The number of aryl methyl sites for hydroxylation is 1. The standard InChI is InChI=1S/C21H21N3O/c1-17-7-9-18(10-8-17)11-12-21(25)22-15-19-5-2-3-6-20(19)16-24-14-4-13-23-24/h2-14H,15-16H2,1H3,(H,22,25)/b12-11+. The lowest BCUT2D eigenvalue weighted by molar-refractivity contribution is -0.116. The van der Waals surface area contributed by atoms with Gasteiger partial charge in [-0.05, 0) is 35.8 Å². The van der Waals surface area contributed by atoms with Gasteiger partial charge in [-0.3, -0.25) is 9.48 Å². The van der Waals surface area contributed by atoms with Gasteiger partial charge in [-0.1, -0.05) is 54.1 Å². The molecule has 0 aliphatic rings. The van der Waals surface area contributed by atoms with Crippen molar-refractivity contribution in [1.82, 2.24) is 15.1 Å². The zero-order chi connectivity index (χ0) is 17.5. The number of benzene rings is 2. The van der Waals surface area contributed by atoms with Crippen LogP contribution in [-0.2, 0) is 17.9 Å². The summed E-state index contributed by atoms with van der Waals surface area (Å²) in [5, 5.41) is 7.18. The molecule has 0 aliphatic heterocycles. The quantitative estimate of drug-likeness (QED) is 0.702. The smallest absolute Gasteiger partial charge is 0.244 e. The molecule has 126 valence electrons. The largest absolute Gasteiger partial charge is 0.348 e. The first kappa shape index (κ1) is 16.7. The first-order valence-electron chi connectivity index (χ1n) is 8.27. The van der Waals surface area contributed by atoms with E-state index in [4.69, 9.17) is 0 Å². The zero-order valence-electron chi connectivity index (χ0n) is 14.2. The number of amides is 1. The van der Waals surface area contributed by atoms with Crippen molar-refractivity contribution in [3.8, 4) is 0 Å². The van der Waals surface area contributed by atoms with Crippen molar-refractivity contribution in [2.75, 3.05) is 0 Å². The highest BCUT2D eigenvalue weighted by Crippen LogP contribution is 2.10. The molecule has 0 atom stereocenters. The Kier molecular flexibility index (Phi) is 5.42. The third kappa shape index (κ3) is 4.91. The Hall–Kier alpha value is -3.14. The van der Waals surface area contributed by atoms with E-state index in [0.29, 0.717) is 13.1 Å². The minimum absolute atomic E-state index is 0.102. The van der Waals surface area contributed by atoms with E-state index >= 15 is 0 Å². The second-order valence-electron chi connectivity index (χ2n) is 5.93. The zero-order valence-corrected chi connectivity index (χ0v) is 14.2. The molecule has 0 saturated carbocycles. The molecule has 0 unspecified atom stereocenters. The van der Waals surface area contributed by atoms with Crippen molar-refractivity contribution in [3.63, 3.8) is 0 Å². The number of carbonyl (C=O) groups excluding carboxylic acids is 1. The minimum atomic E-state index is -0.102. The van der Waals surface area contributed by atoms with Crippen molar-refractivity contribution < 1.29 is 4.79 Å². The van der Waals surface area contributed by atoms with E-state index in [1.165, 1.54) is 5.56 Å². The summed E-state index contributed by atoms with van der Waals surface area (Å²) in [7, 11) is 0. The van der Waals surface area contributed by atoms with Crippen LogP contribution in [0.4, 0.5) is 0 Å². The van der Waals surface area contributed by atoms with Gasteiger partial charge in [-0.15, -0.1) is 0 Å². The topological polar surface area (TPSA) is 46.9 Å². The number of hydrogen-bond donors (Lipinski definition) is 1. The molecule has 0 bridgehead atoms. The molecule has 4 heteroatoms. The van der Waals surface area contributed by atoms with E-state index in [9.17, 15) is 4.79 Å². The molecule has 3 aromatic rings.